The molecule has 0 fully saturated rings. The predicted octanol–water partition coefficient (Wildman–Crippen LogP) is 2.70. The summed E-state index contributed by atoms with van der Waals surface area (Å²) in [7, 11) is 3.35. The Bertz CT molecular complexity index is 790. The lowest BCUT2D eigenvalue weighted by Crippen LogP contribution is -2.24. The Kier molecular flexibility index (Phi) is 8.42. The third-order valence-electron chi connectivity index (χ3n) is 3.51. The van der Waals surface area contributed by atoms with Gasteiger partial charge in [0.05, 0.1) is 18.4 Å². The molecule has 2 rings (SSSR count). The predicted molar refractivity (Wildman–Crippen MR) is 106 cm³/mol. The quantitative estimate of drug-likeness (QED) is 0.504. The van der Waals surface area contributed by atoms with Gasteiger partial charge in [-0.3, -0.25) is 9.59 Å². The van der Waals surface area contributed by atoms with Crippen LogP contribution < -0.4 is 5.32 Å². The first-order valence-corrected chi connectivity index (χ1v) is 9.69. The van der Waals surface area contributed by atoms with Crippen molar-refractivity contribution in [3.63, 3.8) is 0 Å². The summed E-state index contributed by atoms with van der Waals surface area (Å²) in [5.41, 5.74) is 0.689. The Morgan fingerprint density at radius 3 is 2.54 bits per heavy atom. The number of para-hydroxylation sites is 1. The molecule has 1 heterocycles. The van der Waals surface area contributed by atoms with Gasteiger partial charge >= 0.3 is 0 Å². The van der Waals surface area contributed by atoms with Gasteiger partial charge in [-0.25, -0.2) is 4.68 Å². The van der Waals surface area contributed by atoms with Gasteiger partial charge in [0.1, 0.15) is 0 Å². The van der Waals surface area contributed by atoms with E-state index in [2.05, 4.69) is 15.6 Å². The second-order valence-corrected chi connectivity index (χ2v) is 6.87. The fraction of sp³-hybridized carbons (Fsp3) is 0.444. The molecule has 0 saturated carbocycles. The minimum atomic E-state index is -0.457. The number of carbonyl (C=O) groups excluding carboxylic acids is 2. The molecule has 0 saturated heterocycles. The number of rotatable bonds is 9. The number of hydrogen-bond acceptors (Lipinski definition) is 7. The Balaban J connectivity index is 2.06. The molecule has 0 radical (unpaired) electrons. The molecule has 0 bridgehead atoms. The minimum absolute atomic E-state index is 0.134. The number of aromatic nitrogens is 3. The monoisotopic (exact) mass is 407 g/mol. The molecule has 9 nitrogen and oxygen atoms in total. The van der Waals surface area contributed by atoms with Crippen LogP contribution in [0.1, 0.15) is 24.3 Å². The van der Waals surface area contributed by atoms with Crippen molar-refractivity contribution < 1.29 is 19.1 Å². The van der Waals surface area contributed by atoms with Gasteiger partial charge < -0.3 is 19.7 Å². The van der Waals surface area contributed by atoms with Gasteiger partial charge in [0, 0.05) is 32.2 Å². The van der Waals surface area contributed by atoms with Crippen LogP contribution in [0.3, 0.4) is 0 Å². The van der Waals surface area contributed by atoms with E-state index in [1.165, 1.54) is 15.8 Å². The van der Waals surface area contributed by atoms with Crippen molar-refractivity contribution in [3.05, 3.63) is 36.2 Å². The number of carbonyl (C=O) groups is 2. The van der Waals surface area contributed by atoms with Gasteiger partial charge in [-0.1, -0.05) is 17.3 Å². The highest BCUT2D eigenvalue weighted by Gasteiger charge is 2.17. The average Bonchev–Trinajstić information content (AvgIpc) is 3.12. The molecule has 2 amide bonds. The number of thioether (sulfide) groups is 1. The third-order valence-corrected chi connectivity index (χ3v) is 4.63. The number of nitrogens with zero attached hydrogens (tertiary/aromatic N) is 4. The second kappa shape index (κ2) is 10.8. The number of nitrogens with one attached hydrogen (secondary N) is 1. The standard InChI is InChI=1S/C18H25N5O4S/c1-5-26-16(27-6-2)12-23-11-14(20-21-23)17(24)19-13-9-7-8-10-15(13)28-18(25)22(3)4/h7-11,16H,5-6,12H2,1-4H3,(H,19,24). The van der Waals surface area contributed by atoms with Gasteiger partial charge in [-0.2, -0.15) is 0 Å². The fourth-order valence-electron chi connectivity index (χ4n) is 2.20. The summed E-state index contributed by atoms with van der Waals surface area (Å²) in [6.45, 7) is 5.09. The lowest BCUT2D eigenvalue weighted by molar-refractivity contribution is -0.145. The van der Waals surface area contributed by atoms with Gasteiger partial charge in [0.2, 0.25) is 0 Å². The molecule has 28 heavy (non-hydrogen) atoms. The summed E-state index contributed by atoms with van der Waals surface area (Å²) in [6.07, 6.45) is 1.07. The van der Waals surface area contributed by atoms with Crippen LogP contribution in [0.25, 0.3) is 0 Å². The Labute approximate surface area is 168 Å². The fourth-order valence-corrected chi connectivity index (χ4v) is 2.95. The first-order chi connectivity index (χ1) is 13.4. The maximum atomic E-state index is 12.5. The number of anilines is 1. The highest BCUT2D eigenvalue weighted by atomic mass is 32.2. The van der Waals surface area contributed by atoms with E-state index in [4.69, 9.17) is 9.47 Å². The van der Waals surface area contributed by atoms with Crippen molar-refractivity contribution >= 4 is 28.6 Å². The Morgan fingerprint density at radius 1 is 1.21 bits per heavy atom. The minimum Gasteiger partial charge on any atom is -0.351 e. The second-order valence-electron chi connectivity index (χ2n) is 5.88. The summed E-state index contributed by atoms with van der Waals surface area (Å²) in [5, 5.41) is 10.5. The summed E-state index contributed by atoms with van der Waals surface area (Å²) >= 11 is 1.04. The topological polar surface area (TPSA) is 98.6 Å². The van der Waals surface area contributed by atoms with Crippen molar-refractivity contribution in [3.8, 4) is 0 Å². The molecule has 0 aliphatic heterocycles. The first kappa shape index (κ1) is 21.9. The zero-order chi connectivity index (χ0) is 20.5. The van der Waals surface area contributed by atoms with Crippen LogP contribution in [-0.2, 0) is 16.0 Å². The maximum absolute atomic E-state index is 12.5. The zero-order valence-electron chi connectivity index (χ0n) is 16.4. The number of ether oxygens (including phenoxy) is 2. The van der Waals surface area contributed by atoms with E-state index in [0.717, 1.165) is 11.8 Å². The summed E-state index contributed by atoms with van der Waals surface area (Å²) < 4.78 is 12.4. The van der Waals surface area contributed by atoms with E-state index in [9.17, 15) is 9.59 Å². The molecule has 152 valence electrons. The number of amides is 2. The SMILES string of the molecule is CCOC(Cn1cc(C(=O)Nc2ccccc2SC(=O)N(C)C)nn1)OCC. The van der Waals surface area contributed by atoms with E-state index in [1.807, 2.05) is 13.8 Å². The molecule has 1 N–H and O–H groups in total. The smallest absolute Gasteiger partial charge is 0.286 e. The summed E-state index contributed by atoms with van der Waals surface area (Å²) in [4.78, 5) is 26.6. The van der Waals surface area contributed by atoms with Crippen LogP contribution in [0.5, 0.6) is 0 Å². The van der Waals surface area contributed by atoms with Crippen LogP contribution in [0.15, 0.2) is 35.4 Å². The molecule has 0 aliphatic rings. The van der Waals surface area contributed by atoms with E-state index < -0.39 is 12.2 Å². The van der Waals surface area contributed by atoms with Crippen LogP contribution >= 0.6 is 11.8 Å². The van der Waals surface area contributed by atoms with Crippen LogP contribution in [-0.4, -0.2) is 64.6 Å². The molecule has 10 heteroatoms. The average molecular weight is 407 g/mol. The highest BCUT2D eigenvalue weighted by molar-refractivity contribution is 8.13. The van der Waals surface area contributed by atoms with Crippen molar-refractivity contribution in [2.75, 3.05) is 32.6 Å². The first-order valence-electron chi connectivity index (χ1n) is 8.87. The van der Waals surface area contributed by atoms with Crippen molar-refractivity contribution in [1.82, 2.24) is 19.9 Å². The Hall–Kier alpha value is -2.43. The Morgan fingerprint density at radius 2 is 1.89 bits per heavy atom. The lowest BCUT2D eigenvalue weighted by atomic mass is 10.3. The van der Waals surface area contributed by atoms with Gasteiger partial charge in [-0.15, -0.1) is 5.10 Å². The highest BCUT2D eigenvalue weighted by Crippen LogP contribution is 2.28. The van der Waals surface area contributed by atoms with Crippen LogP contribution in [0.4, 0.5) is 10.5 Å². The largest absolute Gasteiger partial charge is 0.351 e. The molecule has 0 aliphatic carbocycles. The molecule has 1 aromatic carbocycles. The molecule has 0 atom stereocenters. The van der Waals surface area contributed by atoms with E-state index in [0.29, 0.717) is 30.3 Å². The van der Waals surface area contributed by atoms with Crippen LogP contribution in [0, 0.1) is 0 Å². The van der Waals surface area contributed by atoms with E-state index in [1.54, 1.807) is 38.4 Å². The molecular formula is C18H25N5O4S. The maximum Gasteiger partial charge on any atom is 0.286 e. The number of benzene rings is 1. The van der Waals surface area contributed by atoms with Gasteiger partial charge in [0.15, 0.2) is 12.0 Å². The van der Waals surface area contributed by atoms with E-state index >= 15 is 0 Å². The molecule has 2 aromatic rings. The lowest BCUT2D eigenvalue weighted by Gasteiger charge is -2.16. The third kappa shape index (κ3) is 6.32. The van der Waals surface area contributed by atoms with Gasteiger partial charge in [-0.05, 0) is 37.7 Å². The van der Waals surface area contributed by atoms with Gasteiger partial charge in [0.25, 0.3) is 11.1 Å². The normalized spacial score (nSPS) is 10.9. The van der Waals surface area contributed by atoms with Crippen molar-refractivity contribution in [1.29, 1.82) is 0 Å². The van der Waals surface area contributed by atoms with Crippen molar-refractivity contribution in [2.24, 2.45) is 0 Å². The molecule has 0 spiro atoms. The molecule has 0 unspecified atom stereocenters. The zero-order valence-corrected chi connectivity index (χ0v) is 17.2. The summed E-state index contributed by atoms with van der Waals surface area (Å²) in [5.74, 6) is -0.416. The molecule has 1 aromatic heterocycles. The van der Waals surface area contributed by atoms with E-state index in [-0.39, 0.29) is 10.9 Å². The van der Waals surface area contributed by atoms with Crippen molar-refractivity contribution in [2.45, 2.75) is 31.6 Å². The number of hydrogen-bond donors (Lipinski definition) is 1. The summed E-state index contributed by atoms with van der Waals surface area (Å²) in [6, 6.07) is 7.09. The van der Waals surface area contributed by atoms with Crippen LogP contribution in [0.2, 0.25) is 0 Å². The molecular weight excluding hydrogens is 382 g/mol.